The van der Waals surface area contributed by atoms with Gasteiger partial charge in [-0.2, -0.15) is 0 Å². The third kappa shape index (κ3) is 2.82. The van der Waals surface area contributed by atoms with Crippen molar-refractivity contribution in [2.45, 2.75) is 38.0 Å². The molecule has 1 unspecified atom stereocenters. The first kappa shape index (κ1) is 16.9. The van der Waals surface area contributed by atoms with Gasteiger partial charge in [0.2, 0.25) is 0 Å². The van der Waals surface area contributed by atoms with Gasteiger partial charge in [0.1, 0.15) is 6.17 Å². The predicted molar refractivity (Wildman–Crippen MR) is 101 cm³/mol. The van der Waals surface area contributed by atoms with Crippen LogP contribution in [0.1, 0.15) is 47.8 Å². The summed E-state index contributed by atoms with van der Waals surface area (Å²) in [4.78, 5) is 14.8. The number of nitrogens with zero attached hydrogens (tertiary/aromatic N) is 1. The van der Waals surface area contributed by atoms with E-state index >= 15 is 0 Å². The van der Waals surface area contributed by atoms with Crippen molar-refractivity contribution in [1.82, 2.24) is 5.32 Å². The highest BCUT2D eigenvalue weighted by Gasteiger charge is 2.37. The molecule has 2 aromatic rings. The van der Waals surface area contributed by atoms with Crippen LogP contribution in [-0.4, -0.2) is 26.2 Å². The molecule has 0 radical (unpaired) electrons. The third-order valence-electron chi connectivity index (χ3n) is 5.26. The van der Waals surface area contributed by atoms with Crippen LogP contribution in [0.5, 0.6) is 11.5 Å². The molecule has 2 aromatic carbocycles. The SMILES string of the molecule is CNC1c2ccccc2C(=O)N1c1ccc(OC)c(OC2CCCC2)c1. The molecule has 1 aliphatic carbocycles. The Bertz CT molecular complexity index is 815. The lowest BCUT2D eigenvalue weighted by Gasteiger charge is -2.26. The first-order valence-electron chi connectivity index (χ1n) is 9.17. The summed E-state index contributed by atoms with van der Waals surface area (Å²) in [5.41, 5.74) is 2.54. The van der Waals surface area contributed by atoms with Crippen LogP contribution in [0.25, 0.3) is 0 Å². The Labute approximate surface area is 153 Å². The van der Waals surface area contributed by atoms with Crippen molar-refractivity contribution in [2.24, 2.45) is 0 Å². The van der Waals surface area contributed by atoms with Gasteiger partial charge in [0.15, 0.2) is 11.5 Å². The lowest BCUT2D eigenvalue weighted by molar-refractivity contribution is 0.0989. The van der Waals surface area contributed by atoms with Crippen molar-refractivity contribution in [2.75, 3.05) is 19.1 Å². The monoisotopic (exact) mass is 352 g/mol. The zero-order valence-corrected chi connectivity index (χ0v) is 15.2. The van der Waals surface area contributed by atoms with Crippen molar-refractivity contribution in [3.63, 3.8) is 0 Å². The molecule has 1 fully saturated rings. The number of nitrogens with one attached hydrogen (secondary N) is 1. The summed E-state index contributed by atoms with van der Waals surface area (Å²) in [6.07, 6.45) is 4.58. The smallest absolute Gasteiger partial charge is 0.260 e. The van der Waals surface area contributed by atoms with Crippen LogP contribution >= 0.6 is 0 Å². The lowest BCUT2D eigenvalue weighted by Crippen LogP contribution is -2.35. The first-order valence-corrected chi connectivity index (χ1v) is 9.17. The number of hydrogen-bond donors (Lipinski definition) is 1. The molecule has 1 N–H and O–H groups in total. The molecule has 26 heavy (non-hydrogen) atoms. The number of anilines is 1. The van der Waals surface area contributed by atoms with Gasteiger partial charge in [0.25, 0.3) is 5.91 Å². The van der Waals surface area contributed by atoms with Crippen molar-refractivity contribution >= 4 is 11.6 Å². The minimum absolute atomic E-state index is 0.00284. The minimum atomic E-state index is -0.188. The number of benzene rings is 2. The Morgan fingerprint density at radius 1 is 1.08 bits per heavy atom. The minimum Gasteiger partial charge on any atom is -0.493 e. The number of fused-ring (bicyclic) bond motifs is 1. The number of carbonyl (C=O) groups is 1. The topological polar surface area (TPSA) is 50.8 Å². The van der Waals surface area contributed by atoms with E-state index in [0.29, 0.717) is 11.5 Å². The molecule has 136 valence electrons. The van der Waals surface area contributed by atoms with E-state index < -0.39 is 0 Å². The third-order valence-corrected chi connectivity index (χ3v) is 5.26. The van der Waals surface area contributed by atoms with E-state index in [1.54, 1.807) is 12.0 Å². The summed E-state index contributed by atoms with van der Waals surface area (Å²) in [5.74, 6) is 1.40. The summed E-state index contributed by atoms with van der Waals surface area (Å²) in [6.45, 7) is 0. The summed E-state index contributed by atoms with van der Waals surface area (Å²) in [5, 5.41) is 3.25. The molecule has 1 saturated carbocycles. The van der Waals surface area contributed by atoms with E-state index in [1.807, 2.05) is 49.5 Å². The van der Waals surface area contributed by atoms with Gasteiger partial charge in [-0.05, 0) is 50.9 Å². The van der Waals surface area contributed by atoms with Crippen LogP contribution in [0.3, 0.4) is 0 Å². The second-order valence-electron chi connectivity index (χ2n) is 6.81. The van der Waals surface area contributed by atoms with Gasteiger partial charge in [-0.25, -0.2) is 0 Å². The molecule has 0 aromatic heterocycles. The van der Waals surface area contributed by atoms with E-state index in [9.17, 15) is 4.79 Å². The van der Waals surface area contributed by atoms with Gasteiger partial charge in [-0.3, -0.25) is 15.0 Å². The zero-order valence-electron chi connectivity index (χ0n) is 15.2. The predicted octanol–water partition coefficient (Wildman–Crippen LogP) is 3.90. The van der Waals surface area contributed by atoms with Crippen LogP contribution < -0.4 is 19.7 Å². The van der Waals surface area contributed by atoms with Crippen LogP contribution in [0.4, 0.5) is 5.69 Å². The van der Waals surface area contributed by atoms with Crippen molar-refractivity contribution in [3.05, 3.63) is 53.6 Å². The molecule has 0 saturated heterocycles. The van der Waals surface area contributed by atoms with E-state index in [2.05, 4.69) is 5.32 Å². The average molecular weight is 352 g/mol. The average Bonchev–Trinajstić information content (AvgIpc) is 3.28. The lowest BCUT2D eigenvalue weighted by atomic mass is 10.1. The van der Waals surface area contributed by atoms with E-state index in [-0.39, 0.29) is 18.2 Å². The van der Waals surface area contributed by atoms with E-state index in [0.717, 1.165) is 29.7 Å². The first-order chi connectivity index (χ1) is 12.7. The van der Waals surface area contributed by atoms with Gasteiger partial charge in [-0.15, -0.1) is 0 Å². The normalized spacial score (nSPS) is 19.7. The fourth-order valence-corrected chi connectivity index (χ4v) is 3.96. The molecule has 2 aliphatic rings. The standard InChI is InChI=1S/C21H24N2O3/c1-22-20-16-9-5-6-10-17(16)21(24)23(20)14-11-12-18(25-2)19(13-14)26-15-7-3-4-8-15/h5-6,9-13,15,20,22H,3-4,7-8H2,1-2H3. The Morgan fingerprint density at radius 2 is 1.85 bits per heavy atom. The molecular weight excluding hydrogens is 328 g/mol. The Morgan fingerprint density at radius 3 is 2.58 bits per heavy atom. The van der Waals surface area contributed by atoms with E-state index in [1.165, 1.54) is 12.8 Å². The fourth-order valence-electron chi connectivity index (χ4n) is 3.96. The van der Waals surface area contributed by atoms with Crippen LogP contribution in [0.2, 0.25) is 0 Å². The highest BCUT2D eigenvalue weighted by Crippen LogP contribution is 2.40. The van der Waals surface area contributed by atoms with Gasteiger partial charge < -0.3 is 9.47 Å². The summed E-state index contributed by atoms with van der Waals surface area (Å²) in [6, 6.07) is 13.4. The molecule has 1 amide bonds. The molecule has 4 rings (SSSR count). The van der Waals surface area contributed by atoms with Crippen LogP contribution in [0, 0.1) is 0 Å². The fraction of sp³-hybridized carbons (Fsp3) is 0.381. The quantitative estimate of drug-likeness (QED) is 0.887. The highest BCUT2D eigenvalue weighted by molar-refractivity contribution is 6.11. The number of carbonyl (C=O) groups excluding carboxylic acids is 1. The maximum Gasteiger partial charge on any atom is 0.260 e. The Balaban J connectivity index is 1.70. The number of amides is 1. The summed E-state index contributed by atoms with van der Waals surface area (Å²) >= 11 is 0. The zero-order chi connectivity index (χ0) is 18.1. The molecule has 1 atom stereocenters. The van der Waals surface area contributed by atoms with Gasteiger partial charge in [0.05, 0.1) is 13.2 Å². The second kappa shape index (κ2) is 7.00. The van der Waals surface area contributed by atoms with E-state index in [4.69, 9.17) is 9.47 Å². The summed E-state index contributed by atoms with van der Waals surface area (Å²) in [7, 11) is 3.51. The van der Waals surface area contributed by atoms with Gasteiger partial charge in [-0.1, -0.05) is 18.2 Å². The highest BCUT2D eigenvalue weighted by atomic mass is 16.5. The van der Waals surface area contributed by atoms with Crippen molar-refractivity contribution in [3.8, 4) is 11.5 Å². The summed E-state index contributed by atoms with van der Waals surface area (Å²) < 4.78 is 11.7. The number of methoxy groups -OCH3 is 1. The van der Waals surface area contributed by atoms with Gasteiger partial charge >= 0.3 is 0 Å². The van der Waals surface area contributed by atoms with Crippen LogP contribution in [0.15, 0.2) is 42.5 Å². The molecule has 5 nitrogen and oxygen atoms in total. The number of rotatable bonds is 5. The maximum absolute atomic E-state index is 13.0. The molecule has 1 aliphatic heterocycles. The molecular formula is C21H24N2O3. The molecule has 0 bridgehead atoms. The Kier molecular flexibility index (Phi) is 4.55. The molecule has 0 spiro atoms. The largest absolute Gasteiger partial charge is 0.493 e. The maximum atomic E-state index is 13.0. The number of ether oxygens (including phenoxy) is 2. The number of hydrogen-bond acceptors (Lipinski definition) is 4. The van der Waals surface area contributed by atoms with Crippen molar-refractivity contribution < 1.29 is 14.3 Å². The molecule has 5 heteroatoms. The Hall–Kier alpha value is -2.53. The van der Waals surface area contributed by atoms with Crippen LogP contribution in [-0.2, 0) is 0 Å². The molecule has 1 heterocycles. The van der Waals surface area contributed by atoms with Crippen molar-refractivity contribution in [1.29, 1.82) is 0 Å². The van der Waals surface area contributed by atoms with Gasteiger partial charge in [0, 0.05) is 22.9 Å². The second-order valence-corrected chi connectivity index (χ2v) is 6.81.